The zero-order valence-electron chi connectivity index (χ0n) is 12.3. The third kappa shape index (κ3) is 2.24. The Balaban J connectivity index is 1.81. The van der Waals surface area contributed by atoms with Crippen LogP contribution >= 0.6 is 0 Å². The van der Waals surface area contributed by atoms with Crippen LogP contribution in [0.25, 0.3) is 0 Å². The van der Waals surface area contributed by atoms with Gasteiger partial charge in [-0.05, 0) is 38.3 Å². The molecule has 1 aromatic rings. The molecule has 1 aliphatic heterocycles. The first-order chi connectivity index (χ1) is 9.76. The molecule has 3 rings (SSSR count). The first kappa shape index (κ1) is 13.6. The zero-order valence-corrected chi connectivity index (χ0v) is 12.3. The number of nitrogens with zero attached hydrogens (tertiary/aromatic N) is 1. The molecule has 1 N–H and O–H groups in total. The summed E-state index contributed by atoms with van der Waals surface area (Å²) in [6.07, 6.45) is 5.48. The Morgan fingerprint density at radius 1 is 1.25 bits per heavy atom. The molecule has 0 bridgehead atoms. The van der Waals surface area contributed by atoms with Crippen LogP contribution in [0, 0.1) is 0 Å². The van der Waals surface area contributed by atoms with Crippen molar-refractivity contribution in [2.24, 2.45) is 0 Å². The number of likely N-dealkylation sites (N-methyl/N-ethyl adjacent to an activating group) is 1. The maximum absolute atomic E-state index is 13.1. The molecule has 1 unspecified atom stereocenters. The van der Waals surface area contributed by atoms with Gasteiger partial charge in [-0.2, -0.15) is 0 Å². The van der Waals surface area contributed by atoms with Gasteiger partial charge in [-0.3, -0.25) is 4.79 Å². The number of rotatable bonds is 3. The lowest BCUT2D eigenvalue weighted by Crippen LogP contribution is -2.55. The number of piperidine rings is 1. The van der Waals surface area contributed by atoms with Crippen molar-refractivity contribution in [3.05, 3.63) is 35.9 Å². The molecule has 1 aromatic carbocycles. The molecule has 3 nitrogen and oxygen atoms in total. The number of carbonyl (C=O) groups excluding carboxylic acids is 1. The molecule has 2 aliphatic rings. The van der Waals surface area contributed by atoms with E-state index in [0.29, 0.717) is 11.9 Å². The van der Waals surface area contributed by atoms with Gasteiger partial charge in [0.1, 0.15) is 0 Å². The van der Waals surface area contributed by atoms with Gasteiger partial charge in [-0.15, -0.1) is 0 Å². The van der Waals surface area contributed by atoms with Crippen LogP contribution in [-0.4, -0.2) is 37.0 Å². The van der Waals surface area contributed by atoms with Gasteiger partial charge in [0.2, 0.25) is 5.91 Å². The first-order valence-electron chi connectivity index (χ1n) is 7.78. The number of carbonyl (C=O) groups is 1. The largest absolute Gasteiger partial charge is 0.340 e. The van der Waals surface area contributed by atoms with Crippen LogP contribution in [0.1, 0.15) is 37.7 Å². The number of hydrogen-bond acceptors (Lipinski definition) is 2. The van der Waals surface area contributed by atoms with E-state index < -0.39 is 0 Å². The highest BCUT2D eigenvalue weighted by Gasteiger charge is 2.47. The summed E-state index contributed by atoms with van der Waals surface area (Å²) in [6, 6.07) is 10.8. The lowest BCUT2D eigenvalue weighted by molar-refractivity contribution is -0.142. The van der Waals surface area contributed by atoms with Crippen LogP contribution in [0.3, 0.4) is 0 Å². The van der Waals surface area contributed by atoms with E-state index in [9.17, 15) is 4.79 Å². The molecule has 1 heterocycles. The molecule has 2 fully saturated rings. The minimum Gasteiger partial charge on any atom is -0.340 e. The van der Waals surface area contributed by atoms with Gasteiger partial charge >= 0.3 is 0 Å². The van der Waals surface area contributed by atoms with Crippen molar-refractivity contribution >= 4 is 5.91 Å². The summed E-state index contributed by atoms with van der Waals surface area (Å²) in [7, 11) is 1.99. The molecule has 1 amide bonds. The molecule has 20 heavy (non-hydrogen) atoms. The van der Waals surface area contributed by atoms with Gasteiger partial charge in [-0.25, -0.2) is 0 Å². The molecule has 1 aliphatic carbocycles. The van der Waals surface area contributed by atoms with E-state index in [1.54, 1.807) is 0 Å². The normalized spacial score (nSPS) is 25.1. The molecular formula is C17H24N2O. The number of benzene rings is 1. The second-order valence-electron chi connectivity index (χ2n) is 6.18. The third-order valence-corrected chi connectivity index (χ3v) is 5.06. The number of hydrogen-bond donors (Lipinski definition) is 1. The number of amides is 1. The highest BCUT2D eigenvalue weighted by Crippen LogP contribution is 2.45. The molecule has 0 radical (unpaired) electrons. The Morgan fingerprint density at radius 3 is 2.60 bits per heavy atom. The van der Waals surface area contributed by atoms with Crippen molar-refractivity contribution in [3.63, 3.8) is 0 Å². The monoisotopic (exact) mass is 272 g/mol. The molecule has 108 valence electrons. The summed E-state index contributed by atoms with van der Waals surface area (Å²) in [5.74, 6) is 0.356. The fourth-order valence-corrected chi connectivity index (χ4v) is 3.61. The molecule has 3 heteroatoms. The van der Waals surface area contributed by atoms with Gasteiger partial charge in [0, 0.05) is 19.1 Å². The fraction of sp³-hybridized carbons (Fsp3) is 0.588. The Kier molecular flexibility index (Phi) is 3.79. The molecule has 1 atom stereocenters. The number of likely N-dealkylation sites (tertiary alicyclic amines) is 1. The second kappa shape index (κ2) is 5.57. The average Bonchev–Trinajstić information content (AvgIpc) is 2.47. The minimum absolute atomic E-state index is 0.225. The summed E-state index contributed by atoms with van der Waals surface area (Å²) in [6.45, 7) is 1.79. The predicted molar refractivity (Wildman–Crippen MR) is 80.6 cm³/mol. The Bertz CT molecular complexity index is 467. The Morgan fingerprint density at radius 2 is 2.00 bits per heavy atom. The highest BCUT2D eigenvalue weighted by atomic mass is 16.2. The fourth-order valence-electron chi connectivity index (χ4n) is 3.61. The predicted octanol–water partition coefficient (Wildman–Crippen LogP) is 2.32. The van der Waals surface area contributed by atoms with E-state index in [2.05, 4.69) is 34.5 Å². The van der Waals surface area contributed by atoms with Crippen LogP contribution in [0.5, 0.6) is 0 Å². The molecule has 1 saturated carbocycles. The van der Waals surface area contributed by atoms with E-state index >= 15 is 0 Å². The van der Waals surface area contributed by atoms with Crippen LogP contribution < -0.4 is 5.32 Å². The van der Waals surface area contributed by atoms with E-state index in [1.807, 2.05) is 13.1 Å². The van der Waals surface area contributed by atoms with Gasteiger partial charge in [-0.1, -0.05) is 36.8 Å². The number of nitrogens with one attached hydrogen (secondary N) is 1. The Labute approximate surface area is 121 Å². The lowest BCUT2D eigenvalue weighted by Gasteiger charge is -2.46. The smallest absolute Gasteiger partial charge is 0.233 e. The van der Waals surface area contributed by atoms with Crippen molar-refractivity contribution in [1.82, 2.24) is 10.2 Å². The van der Waals surface area contributed by atoms with Crippen LogP contribution in [0.4, 0.5) is 0 Å². The maximum Gasteiger partial charge on any atom is 0.233 e. The van der Waals surface area contributed by atoms with Crippen molar-refractivity contribution in [1.29, 1.82) is 0 Å². The molecule has 1 saturated heterocycles. The highest BCUT2D eigenvalue weighted by molar-refractivity contribution is 5.89. The van der Waals surface area contributed by atoms with E-state index in [1.165, 1.54) is 18.4 Å². The summed E-state index contributed by atoms with van der Waals surface area (Å²) >= 11 is 0. The van der Waals surface area contributed by atoms with Crippen LogP contribution in [-0.2, 0) is 10.2 Å². The van der Waals surface area contributed by atoms with Gasteiger partial charge < -0.3 is 10.2 Å². The summed E-state index contributed by atoms with van der Waals surface area (Å²) in [4.78, 5) is 15.2. The van der Waals surface area contributed by atoms with E-state index in [0.717, 1.165) is 32.4 Å². The quantitative estimate of drug-likeness (QED) is 0.916. The average molecular weight is 272 g/mol. The molecule has 0 spiro atoms. The topological polar surface area (TPSA) is 32.3 Å². The summed E-state index contributed by atoms with van der Waals surface area (Å²) in [5, 5.41) is 3.32. The minimum atomic E-state index is -0.225. The SMILES string of the molecule is CNC1CCCN(C(=O)C2(c3ccccc3)CCC2)C1. The Hall–Kier alpha value is -1.35. The van der Waals surface area contributed by atoms with Crippen molar-refractivity contribution in [3.8, 4) is 0 Å². The second-order valence-corrected chi connectivity index (χ2v) is 6.18. The summed E-state index contributed by atoms with van der Waals surface area (Å²) in [5.41, 5.74) is 0.986. The van der Waals surface area contributed by atoms with Crippen LogP contribution in [0.2, 0.25) is 0 Å². The lowest BCUT2D eigenvalue weighted by atomic mass is 9.63. The van der Waals surface area contributed by atoms with Gasteiger partial charge in [0.05, 0.1) is 5.41 Å². The maximum atomic E-state index is 13.1. The molecule has 0 aromatic heterocycles. The first-order valence-corrected chi connectivity index (χ1v) is 7.78. The zero-order chi connectivity index (χ0) is 14.0. The van der Waals surface area contributed by atoms with Gasteiger partial charge in [0.15, 0.2) is 0 Å². The molecular weight excluding hydrogens is 248 g/mol. The van der Waals surface area contributed by atoms with E-state index in [4.69, 9.17) is 0 Å². The van der Waals surface area contributed by atoms with Crippen molar-refractivity contribution in [2.45, 2.75) is 43.6 Å². The van der Waals surface area contributed by atoms with Crippen molar-refractivity contribution in [2.75, 3.05) is 20.1 Å². The summed E-state index contributed by atoms with van der Waals surface area (Å²) < 4.78 is 0. The van der Waals surface area contributed by atoms with Crippen LogP contribution in [0.15, 0.2) is 30.3 Å². The van der Waals surface area contributed by atoms with E-state index in [-0.39, 0.29) is 5.41 Å². The standard InChI is InChI=1S/C17H24N2O/c1-18-15-9-5-12-19(13-15)16(20)17(10-6-11-17)14-7-3-2-4-8-14/h2-4,7-8,15,18H,5-6,9-13H2,1H3. The van der Waals surface area contributed by atoms with Gasteiger partial charge in [0.25, 0.3) is 0 Å². The van der Waals surface area contributed by atoms with Crippen molar-refractivity contribution < 1.29 is 4.79 Å². The third-order valence-electron chi connectivity index (χ3n) is 5.06.